The molecule has 0 aliphatic heterocycles. The number of aromatic nitrogens is 2. The minimum Gasteiger partial charge on any atom is -0.442 e. The molecule has 7 heteroatoms. The number of amides is 1. The number of likely N-dealkylation sites (N-methyl/N-ethyl adjacent to an activating group) is 1. The van der Waals surface area contributed by atoms with Gasteiger partial charge in [0.15, 0.2) is 5.82 Å². The van der Waals surface area contributed by atoms with Gasteiger partial charge in [0, 0.05) is 32.4 Å². The number of hydrogen-bond donors (Lipinski definition) is 0. The van der Waals surface area contributed by atoms with Crippen LogP contribution < -0.4 is 4.90 Å². The number of ether oxygens (including phenoxy) is 1. The topological polar surface area (TPSA) is 67.7 Å². The molecule has 3 aromatic rings. The van der Waals surface area contributed by atoms with Crippen molar-refractivity contribution >= 4 is 17.8 Å². The molecule has 0 aliphatic rings. The molecule has 0 N–H and O–H groups in total. The minimum absolute atomic E-state index is 0.115. The predicted octanol–water partition coefficient (Wildman–Crippen LogP) is 4.72. The van der Waals surface area contributed by atoms with Crippen LogP contribution in [-0.2, 0) is 22.6 Å². The van der Waals surface area contributed by atoms with E-state index in [1.54, 1.807) is 33.9 Å². The van der Waals surface area contributed by atoms with Gasteiger partial charge in [0.1, 0.15) is 5.60 Å². The second-order valence-electron chi connectivity index (χ2n) is 9.05. The van der Waals surface area contributed by atoms with Gasteiger partial charge in [-0.3, -0.25) is 14.6 Å². The number of benzene rings is 2. The molecule has 0 saturated heterocycles. The maximum atomic E-state index is 13.4. The van der Waals surface area contributed by atoms with Gasteiger partial charge >= 0.3 is 6.09 Å². The van der Waals surface area contributed by atoms with Crippen LogP contribution in [0.3, 0.4) is 0 Å². The Morgan fingerprint density at radius 3 is 1.94 bits per heavy atom. The Morgan fingerprint density at radius 2 is 1.45 bits per heavy atom. The third-order valence-electron chi connectivity index (χ3n) is 5.19. The molecule has 2 aromatic carbocycles. The number of rotatable bonds is 7. The Kier molecular flexibility index (Phi) is 7.66. The van der Waals surface area contributed by atoms with Crippen molar-refractivity contribution in [1.29, 1.82) is 0 Å². The van der Waals surface area contributed by atoms with Crippen molar-refractivity contribution in [1.82, 2.24) is 14.7 Å². The van der Waals surface area contributed by atoms with Gasteiger partial charge in [0.25, 0.3) is 0 Å². The summed E-state index contributed by atoms with van der Waals surface area (Å²) in [5, 5.41) is 4.25. The van der Waals surface area contributed by atoms with Crippen LogP contribution in [0.15, 0.2) is 72.9 Å². The van der Waals surface area contributed by atoms with Gasteiger partial charge in [0.05, 0.1) is 6.04 Å². The standard InChI is InChI=1S/C26H32N4O3/c1-20(24(31)28(5)23-16-17-30(27-23)25(32)33-26(2,3)4)29(18-21-12-8-6-9-13-21)19-22-14-10-7-11-15-22/h6-17,20H,18-19H2,1-5H3. The van der Waals surface area contributed by atoms with E-state index in [-0.39, 0.29) is 5.91 Å². The van der Waals surface area contributed by atoms with Crippen molar-refractivity contribution in [3.63, 3.8) is 0 Å². The van der Waals surface area contributed by atoms with Crippen LogP contribution in [0.5, 0.6) is 0 Å². The lowest BCUT2D eigenvalue weighted by Gasteiger charge is -2.31. The SMILES string of the molecule is CC(C(=O)N(C)c1ccn(C(=O)OC(C)(C)C)n1)N(Cc1ccccc1)Cc1ccccc1. The van der Waals surface area contributed by atoms with Gasteiger partial charge < -0.3 is 4.74 Å². The van der Waals surface area contributed by atoms with Crippen molar-refractivity contribution in [3.8, 4) is 0 Å². The van der Waals surface area contributed by atoms with Crippen LogP contribution in [0.4, 0.5) is 10.6 Å². The van der Waals surface area contributed by atoms with Crippen LogP contribution in [0.2, 0.25) is 0 Å². The molecule has 1 heterocycles. The number of nitrogens with zero attached hydrogens (tertiary/aromatic N) is 4. The average Bonchev–Trinajstić information content (AvgIpc) is 3.28. The molecule has 1 unspecified atom stereocenters. The van der Waals surface area contributed by atoms with Gasteiger partial charge in [-0.1, -0.05) is 60.7 Å². The first-order valence-corrected chi connectivity index (χ1v) is 11.0. The highest BCUT2D eigenvalue weighted by Gasteiger charge is 2.27. The van der Waals surface area contributed by atoms with E-state index in [0.29, 0.717) is 18.9 Å². The van der Waals surface area contributed by atoms with Gasteiger partial charge in [-0.2, -0.15) is 4.68 Å². The third kappa shape index (κ3) is 6.76. The highest BCUT2D eigenvalue weighted by Crippen LogP contribution is 2.18. The van der Waals surface area contributed by atoms with Gasteiger partial charge in [0.2, 0.25) is 5.91 Å². The Labute approximate surface area is 195 Å². The molecule has 1 atom stereocenters. The average molecular weight is 449 g/mol. The molecule has 1 aromatic heterocycles. The number of carbonyl (C=O) groups excluding carboxylic acids is 2. The zero-order valence-electron chi connectivity index (χ0n) is 19.9. The predicted molar refractivity (Wildman–Crippen MR) is 129 cm³/mol. The molecule has 0 radical (unpaired) electrons. The summed E-state index contributed by atoms with van der Waals surface area (Å²) in [5.41, 5.74) is 1.63. The first kappa shape index (κ1) is 24.2. The molecule has 174 valence electrons. The number of carbonyl (C=O) groups is 2. The Morgan fingerprint density at radius 1 is 0.939 bits per heavy atom. The lowest BCUT2D eigenvalue weighted by molar-refractivity contribution is -0.123. The molecule has 0 spiro atoms. The summed E-state index contributed by atoms with van der Waals surface area (Å²) in [6.45, 7) is 8.53. The minimum atomic E-state index is -0.630. The molecule has 0 saturated carbocycles. The quantitative estimate of drug-likeness (QED) is 0.523. The summed E-state index contributed by atoms with van der Waals surface area (Å²) < 4.78 is 6.46. The third-order valence-corrected chi connectivity index (χ3v) is 5.19. The molecule has 0 bridgehead atoms. The Bertz CT molecular complexity index is 1020. The van der Waals surface area contributed by atoms with E-state index in [9.17, 15) is 9.59 Å². The van der Waals surface area contributed by atoms with Crippen molar-refractivity contribution in [2.45, 2.75) is 52.4 Å². The molecule has 33 heavy (non-hydrogen) atoms. The highest BCUT2D eigenvalue weighted by atomic mass is 16.6. The first-order chi connectivity index (χ1) is 15.6. The maximum Gasteiger partial charge on any atom is 0.435 e. The van der Waals surface area contributed by atoms with E-state index >= 15 is 0 Å². The first-order valence-electron chi connectivity index (χ1n) is 11.0. The van der Waals surface area contributed by atoms with E-state index in [4.69, 9.17) is 4.74 Å². The monoisotopic (exact) mass is 448 g/mol. The van der Waals surface area contributed by atoms with E-state index in [1.807, 2.05) is 43.3 Å². The molecule has 3 rings (SSSR count). The Balaban J connectivity index is 1.77. The number of hydrogen-bond acceptors (Lipinski definition) is 5. The van der Waals surface area contributed by atoms with Gasteiger partial charge in [-0.05, 0) is 38.8 Å². The summed E-state index contributed by atoms with van der Waals surface area (Å²) in [6, 6.07) is 21.4. The lowest BCUT2D eigenvalue weighted by atomic mass is 10.1. The molecule has 1 amide bonds. The number of anilines is 1. The summed E-state index contributed by atoms with van der Waals surface area (Å²) in [5.74, 6) is 0.272. The molecular weight excluding hydrogens is 416 g/mol. The highest BCUT2D eigenvalue weighted by molar-refractivity contribution is 5.95. The molecular formula is C26H32N4O3. The van der Waals surface area contributed by atoms with E-state index in [0.717, 1.165) is 15.8 Å². The van der Waals surface area contributed by atoms with E-state index in [2.05, 4.69) is 34.3 Å². The van der Waals surface area contributed by atoms with Crippen molar-refractivity contribution in [2.24, 2.45) is 0 Å². The van der Waals surface area contributed by atoms with Gasteiger partial charge in [-0.25, -0.2) is 4.79 Å². The fraction of sp³-hybridized carbons (Fsp3) is 0.346. The zero-order chi connectivity index (χ0) is 24.0. The molecule has 7 nitrogen and oxygen atoms in total. The Hall–Kier alpha value is -3.45. The lowest BCUT2D eigenvalue weighted by Crippen LogP contribution is -2.45. The second kappa shape index (κ2) is 10.4. The van der Waals surface area contributed by atoms with Gasteiger partial charge in [-0.15, -0.1) is 5.10 Å². The van der Waals surface area contributed by atoms with E-state index < -0.39 is 17.7 Å². The summed E-state index contributed by atoms with van der Waals surface area (Å²) in [4.78, 5) is 29.3. The van der Waals surface area contributed by atoms with Crippen LogP contribution >= 0.6 is 0 Å². The van der Waals surface area contributed by atoms with Crippen LogP contribution in [0.25, 0.3) is 0 Å². The van der Waals surface area contributed by atoms with Crippen molar-refractivity contribution in [3.05, 3.63) is 84.1 Å². The molecule has 0 fully saturated rings. The largest absolute Gasteiger partial charge is 0.442 e. The fourth-order valence-electron chi connectivity index (χ4n) is 3.42. The van der Waals surface area contributed by atoms with E-state index in [1.165, 1.54) is 11.1 Å². The van der Waals surface area contributed by atoms with Crippen LogP contribution in [0.1, 0.15) is 38.8 Å². The summed E-state index contributed by atoms with van der Waals surface area (Å²) in [6.07, 6.45) is 0.918. The van der Waals surface area contributed by atoms with Crippen LogP contribution in [0, 0.1) is 0 Å². The maximum absolute atomic E-state index is 13.4. The second-order valence-corrected chi connectivity index (χ2v) is 9.05. The smallest absolute Gasteiger partial charge is 0.435 e. The normalized spacial score (nSPS) is 12.4. The summed E-state index contributed by atoms with van der Waals surface area (Å²) >= 11 is 0. The summed E-state index contributed by atoms with van der Waals surface area (Å²) in [7, 11) is 1.67. The zero-order valence-corrected chi connectivity index (χ0v) is 19.9. The van der Waals surface area contributed by atoms with Crippen molar-refractivity contribution < 1.29 is 14.3 Å². The fourth-order valence-corrected chi connectivity index (χ4v) is 3.42. The van der Waals surface area contributed by atoms with Crippen molar-refractivity contribution in [2.75, 3.05) is 11.9 Å². The molecule has 0 aliphatic carbocycles. The van der Waals surface area contributed by atoms with Crippen LogP contribution in [-0.4, -0.2) is 45.4 Å².